The molecule has 0 heterocycles. The highest BCUT2D eigenvalue weighted by Gasteiger charge is 2.52. The Morgan fingerprint density at radius 2 is 2.20 bits per heavy atom. The predicted octanol–water partition coefficient (Wildman–Crippen LogP) is 1.97. The van der Waals surface area contributed by atoms with Crippen molar-refractivity contribution >= 4 is 5.78 Å². The lowest BCUT2D eigenvalue weighted by Crippen LogP contribution is -2.29. The van der Waals surface area contributed by atoms with Crippen molar-refractivity contribution in [2.24, 2.45) is 11.3 Å². The fraction of sp³-hybridized carbons (Fsp3) is 0.778. The van der Waals surface area contributed by atoms with E-state index in [9.17, 15) is 4.79 Å². The molecule has 2 saturated carbocycles. The molecule has 2 aliphatic rings. The Kier molecular flexibility index (Phi) is 1.04. The van der Waals surface area contributed by atoms with Gasteiger partial charge in [-0.05, 0) is 25.2 Å². The largest absolute Gasteiger partial charge is 0.298 e. The summed E-state index contributed by atoms with van der Waals surface area (Å²) in [6.07, 6.45) is 3.45. The Balaban J connectivity index is 2.34. The lowest BCUT2D eigenvalue weighted by molar-refractivity contribution is -0.125. The van der Waals surface area contributed by atoms with E-state index < -0.39 is 0 Å². The maximum atomic E-state index is 11.5. The van der Waals surface area contributed by atoms with Crippen LogP contribution in [-0.4, -0.2) is 5.78 Å². The molecule has 0 aliphatic heterocycles. The van der Waals surface area contributed by atoms with Crippen molar-refractivity contribution in [1.29, 1.82) is 0 Å². The molecule has 0 N–H and O–H groups in total. The van der Waals surface area contributed by atoms with Gasteiger partial charge in [0.25, 0.3) is 0 Å². The van der Waals surface area contributed by atoms with Gasteiger partial charge < -0.3 is 0 Å². The molecule has 0 saturated heterocycles. The molecule has 2 fully saturated rings. The second-order valence-corrected chi connectivity index (χ2v) is 4.09. The third kappa shape index (κ3) is 0.561. The van der Waals surface area contributed by atoms with Crippen LogP contribution < -0.4 is 0 Å². The Hall–Kier alpha value is -0.330. The standard InChI is InChI=1S/C9H13O/c1-9(2)7-4-3-6(5-7)8(9)10/h7H,3-5H2,1-2H3. The first kappa shape index (κ1) is 6.38. The normalized spacial score (nSPS) is 37.4. The van der Waals surface area contributed by atoms with Crippen LogP contribution in [0.25, 0.3) is 0 Å². The van der Waals surface area contributed by atoms with Crippen LogP contribution >= 0.6 is 0 Å². The van der Waals surface area contributed by atoms with Gasteiger partial charge in [-0.2, -0.15) is 0 Å². The molecule has 2 bridgehead atoms. The monoisotopic (exact) mass is 137 g/mol. The number of hydrogen-bond donors (Lipinski definition) is 0. The van der Waals surface area contributed by atoms with Crippen LogP contribution in [0.15, 0.2) is 0 Å². The maximum Gasteiger partial charge on any atom is 0.145 e. The van der Waals surface area contributed by atoms with E-state index in [1.807, 2.05) is 0 Å². The van der Waals surface area contributed by atoms with E-state index in [2.05, 4.69) is 13.8 Å². The highest BCUT2D eigenvalue weighted by atomic mass is 16.1. The number of fused-ring (bicyclic) bond motifs is 2. The summed E-state index contributed by atoms with van der Waals surface area (Å²) in [4.78, 5) is 11.5. The van der Waals surface area contributed by atoms with Crippen molar-refractivity contribution in [3.05, 3.63) is 5.92 Å². The third-order valence-electron chi connectivity index (χ3n) is 3.21. The minimum atomic E-state index is -0.00637. The van der Waals surface area contributed by atoms with E-state index in [0.717, 1.165) is 12.8 Å². The van der Waals surface area contributed by atoms with Gasteiger partial charge in [-0.1, -0.05) is 13.8 Å². The van der Waals surface area contributed by atoms with Crippen LogP contribution in [0.5, 0.6) is 0 Å². The van der Waals surface area contributed by atoms with Gasteiger partial charge in [0.2, 0.25) is 0 Å². The molecule has 1 unspecified atom stereocenters. The summed E-state index contributed by atoms with van der Waals surface area (Å²) < 4.78 is 0. The second-order valence-electron chi connectivity index (χ2n) is 4.09. The Morgan fingerprint density at radius 1 is 1.50 bits per heavy atom. The summed E-state index contributed by atoms with van der Waals surface area (Å²) in [5, 5.41) is 0. The summed E-state index contributed by atoms with van der Waals surface area (Å²) in [6.45, 7) is 4.18. The Bertz CT molecular complexity index is 181. The molecular weight excluding hydrogens is 124 g/mol. The first-order valence-corrected chi connectivity index (χ1v) is 4.02. The maximum absolute atomic E-state index is 11.5. The Morgan fingerprint density at radius 3 is 2.50 bits per heavy atom. The number of carbonyl (C=O) groups is 1. The molecule has 0 aromatic heterocycles. The molecule has 10 heavy (non-hydrogen) atoms. The van der Waals surface area contributed by atoms with Gasteiger partial charge in [0.15, 0.2) is 0 Å². The van der Waals surface area contributed by atoms with E-state index in [-0.39, 0.29) is 5.41 Å². The highest BCUT2D eigenvalue weighted by Crippen LogP contribution is 2.53. The molecule has 2 aliphatic carbocycles. The zero-order chi connectivity index (χ0) is 7.35. The van der Waals surface area contributed by atoms with Crippen LogP contribution in [0.3, 0.4) is 0 Å². The van der Waals surface area contributed by atoms with E-state index in [4.69, 9.17) is 0 Å². The van der Waals surface area contributed by atoms with Gasteiger partial charge in [-0.25, -0.2) is 0 Å². The van der Waals surface area contributed by atoms with Crippen LogP contribution in [-0.2, 0) is 4.79 Å². The summed E-state index contributed by atoms with van der Waals surface area (Å²) >= 11 is 0. The third-order valence-corrected chi connectivity index (χ3v) is 3.21. The van der Waals surface area contributed by atoms with Crippen LogP contribution in [0.1, 0.15) is 33.1 Å². The molecular formula is C9H13O. The SMILES string of the molecule is CC1(C)C(=O)[C]2CCC1C2. The molecule has 1 atom stereocenters. The number of carbonyl (C=O) groups excluding carboxylic acids is 1. The number of ketones is 1. The van der Waals surface area contributed by atoms with Gasteiger partial charge in [0.05, 0.1) is 0 Å². The van der Waals surface area contributed by atoms with Crippen molar-refractivity contribution in [3.8, 4) is 0 Å². The van der Waals surface area contributed by atoms with E-state index >= 15 is 0 Å². The van der Waals surface area contributed by atoms with E-state index in [0.29, 0.717) is 11.7 Å². The van der Waals surface area contributed by atoms with Crippen molar-refractivity contribution < 1.29 is 4.79 Å². The molecule has 1 heteroatoms. The highest BCUT2D eigenvalue weighted by molar-refractivity contribution is 5.99. The molecule has 0 aromatic carbocycles. The van der Waals surface area contributed by atoms with Gasteiger partial charge in [-0.15, -0.1) is 0 Å². The van der Waals surface area contributed by atoms with E-state index in [1.54, 1.807) is 0 Å². The van der Waals surface area contributed by atoms with Crippen LogP contribution in [0.2, 0.25) is 0 Å². The molecule has 2 rings (SSSR count). The first-order chi connectivity index (χ1) is 4.62. The molecule has 55 valence electrons. The first-order valence-electron chi connectivity index (χ1n) is 4.02. The number of hydrogen-bond acceptors (Lipinski definition) is 1. The van der Waals surface area contributed by atoms with Crippen molar-refractivity contribution in [2.75, 3.05) is 0 Å². The van der Waals surface area contributed by atoms with Crippen molar-refractivity contribution in [2.45, 2.75) is 33.1 Å². The zero-order valence-corrected chi connectivity index (χ0v) is 6.61. The average Bonchev–Trinajstić information content (AvgIpc) is 2.37. The molecule has 0 spiro atoms. The van der Waals surface area contributed by atoms with Crippen LogP contribution in [0, 0.1) is 17.3 Å². The van der Waals surface area contributed by atoms with Crippen molar-refractivity contribution in [1.82, 2.24) is 0 Å². The van der Waals surface area contributed by atoms with Gasteiger partial charge in [0, 0.05) is 11.3 Å². The zero-order valence-electron chi connectivity index (χ0n) is 6.61. The Labute approximate surface area is 61.8 Å². The fourth-order valence-electron chi connectivity index (χ4n) is 2.31. The molecule has 0 aromatic rings. The minimum absolute atomic E-state index is 0.00637. The molecule has 0 amide bonds. The fourth-order valence-corrected chi connectivity index (χ4v) is 2.31. The summed E-state index contributed by atoms with van der Waals surface area (Å²) in [5.41, 5.74) is -0.00637. The molecule has 1 nitrogen and oxygen atoms in total. The topological polar surface area (TPSA) is 17.1 Å². The summed E-state index contributed by atoms with van der Waals surface area (Å²) in [6, 6.07) is 0. The van der Waals surface area contributed by atoms with Gasteiger partial charge in [0.1, 0.15) is 5.78 Å². The predicted molar refractivity (Wildman–Crippen MR) is 39.4 cm³/mol. The lowest BCUT2D eigenvalue weighted by atomic mass is 9.76. The van der Waals surface area contributed by atoms with Gasteiger partial charge >= 0.3 is 0 Å². The van der Waals surface area contributed by atoms with E-state index in [1.165, 1.54) is 12.3 Å². The summed E-state index contributed by atoms with van der Waals surface area (Å²) in [7, 11) is 0. The lowest BCUT2D eigenvalue weighted by Gasteiger charge is -2.27. The summed E-state index contributed by atoms with van der Waals surface area (Å²) in [5.74, 6) is 2.34. The number of rotatable bonds is 0. The quantitative estimate of drug-likeness (QED) is 0.499. The minimum Gasteiger partial charge on any atom is -0.298 e. The van der Waals surface area contributed by atoms with Crippen LogP contribution in [0.4, 0.5) is 0 Å². The van der Waals surface area contributed by atoms with Crippen molar-refractivity contribution in [3.63, 3.8) is 0 Å². The smallest absolute Gasteiger partial charge is 0.145 e. The molecule has 1 radical (unpaired) electrons. The van der Waals surface area contributed by atoms with Gasteiger partial charge in [-0.3, -0.25) is 4.79 Å². The number of Topliss-reactive ketones (excluding diaryl/α,β-unsaturated/α-hetero) is 1. The second kappa shape index (κ2) is 1.63. The average molecular weight is 137 g/mol.